The minimum absolute atomic E-state index is 0.106. The third-order valence-electron chi connectivity index (χ3n) is 5.44. The van der Waals surface area contributed by atoms with Gasteiger partial charge in [0.05, 0.1) is 6.04 Å². The summed E-state index contributed by atoms with van der Waals surface area (Å²) in [6.07, 6.45) is 6.70. The highest BCUT2D eigenvalue weighted by Crippen LogP contribution is 2.12. The lowest BCUT2D eigenvalue weighted by Crippen LogP contribution is -2.57. The summed E-state index contributed by atoms with van der Waals surface area (Å²) in [5.74, 6) is -0.927. The van der Waals surface area contributed by atoms with Crippen LogP contribution in [0.5, 0.6) is 5.75 Å². The summed E-state index contributed by atoms with van der Waals surface area (Å²) in [5.41, 5.74) is 6.83. The van der Waals surface area contributed by atoms with Crippen molar-refractivity contribution in [3.63, 3.8) is 0 Å². The normalized spacial score (nSPS) is 14.2. The highest BCUT2D eigenvalue weighted by molar-refractivity contribution is 7.98. The summed E-state index contributed by atoms with van der Waals surface area (Å²) in [6.45, 7) is 0. The van der Waals surface area contributed by atoms with Crippen molar-refractivity contribution >= 4 is 59.0 Å². The van der Waals surface area contributed by atoms with Crippen LogP contribution in [0.3, 0.4) is 0 Å². The Kier molecular flexibility index (Phi) is 16.2. The van der Waals surface area contributed by atoms with E-state index in [2.05, 4.69) is 16.0 Å². The fourth-order valence-electron chi connectivity index (χ4n) is 3.30. The van der Waals surface area contributed by atoms with Crippen molar-refractivity contribution in [2.75, 3.05) is 36.0 Å². The first-order chi connectivity index (χ1) is 17.6. The Hall–Kier alpha value is -2.09. The summed E-state index contributed by atoms with van der Waals surface area (Å²) in [4.78, 5) is 50.4. The number of amides is 3. The quantitative estimate of drug-likeness (QED) is 0.149. The van der Waals surface area contributed by atoms with Gasteiger partial charge in [-0.05, 0) is 79.4 Å². The number of phenolic OH excluding ortho intramolecular Hbond substituents is 1. The molecule has 0 heterocycles. The molecule has 1 rings (SSSR count). The number of hydrogen-bond acceptors (Lipinski definition) is 9. The second kappa shape index (κ2) is 18.2. The molecule has 0 aliphatic rings. The van der Waals surface area contributed by atoms with E-state index in [1.807, 2.05) is 18.8 Å². The first-order valence-corrected chi connectivity index (χ1v) is 15.9. The summed E-state index contributed by atoms with van der Waals surface area (Å²) >= 11 is 4.48. The molecule has 208 valence electrons. The van der Waals surface area contributed by atoms with E-state index in [0.717, 1.165) is 5.56 Å². The molecule has 1 aromatic rings. The predicted molar refractivity (Wildman–Crippen MR) is 152 cm³/mol. The highest BCUT2D eigenvalue weighted by atomic mass is 32.2. The van der Waals surface area contributed by atoms with Crippen LogP contribution in [0.2, 0.25) is 0 Å². The van der Waals surface area contributed by atoms with Crippen LogP contribution >= 0.6 is 35.3 Å². The van der Waals surface area contributed by atoms with Gasteiger partial charge in [0.2, 0.25) is 17.7 Å². The minimum Gasteiger partial charge on any atom is -0.508 e. The van der Waals surface area contributed by atoms with Crippen LogP contribution in [0, 0.1) is 0 Å². The van der Waals surface area contributed by atoms with Gasteiger partial charge < -0.3 is 31.9 Å². The second-order valence-electron chi connectivity index (χ2n) is 8.34. The van der Waals surface area contributed by atoms with Gasteiger partial charge in [-0.25, -0.2) is 4.79 Å². The maximum absolute atomic E-state index is 13.2. The van der Waals surface area contributed by atoms with Crippen LogP contribution < -0.4 is 21.7 Å². The highest BCUT2D eigenvalue weighted by Gasteiger charge is 2.30. The van der Waals surface area contributed by atoms with Crippen LogP contribution in [0.1, 0.15) is 24.8 Å². The third-order valence-corrected chi connectivity index (χ3v) is 7.37. The monoisotopic (exact) mass is 574 g/mol. The van der Waals surface area contributed by atoms with Gasteiger partial charge in [0.25, 0.3) is 0 Å². The molecule has 10 nitrogen and oxygen atoms in total. The third kappa shape index (κ3) is 12.8. The van der Waals surface area contributed by atoms with Crippen molar-refractivity contribution in [3.8, 4) is 5.75 Å². The van der Waals surface area contributed by atoms with E-state index in [9.17, 15) is 29.4 Å². The molecule has 0 saturated heterocycles. The number of phenols is 1. The van der Waals surface area contributed by atoms with Crippen LogP contribution in [-0.2, 0) is 25.6 Å². The lowest BCUT2D eigenvalue weighted by Gasteiger charge is -2.25. The Morgan fingerprint density at radius 3 is 1.59 bits per heavy atom. The van der Waals surface area contributed by atoms with Gasteiger partial charge in [-0.1, -0.05) is 12.1 Å². The maximum atomic E-state index is 13.2. The number of rotatable bonds is 18. The number of carboxylic acid groups (broad SMARTS) is 1. The van der Waals surface area contributed by atoms with Gasteiger partial charge in [0.15, 0.2) is 0 Å². The van der Waals surface area contributed by atoms with E-state index in [1.54, 1.807) is 12.1 Å². The molecule has 37 heavy (non-hydrogen) atoms. The second-order valence-corrected chi connectivity index (χ2v) is 11.3. The number of carbonyl (C=O) groups excluding carboxylic acids is 3. The molecule has 3 amide bonds. The fraction of sp³-hybridized carbons (Fsp3) is 0.583. The number of aromatic hydroxyl groups is 1. The van der Waals surface area contributed by atoms with E-state index in [0.29, 0.717) is 30.1 Å². The maximum Gasteiger partial charge on any atom is 0.326 e. The van der Waals surface area contributed by atoms with Crippen molar-refractivity contribution in [1.29, 1.82) is 0 Å². The molecule has 0 aliphatic carbocycles. The van der Waals surface area contributed by atoms with Gasteiger partial charge in [-0.3, -0.25) is 14.4 Å². The first-order valence-electron chi connectivity index (χ1n) is 11.8. The Bertz CT molecular complexity index is 875. The number of thioether (sulfide) groups is 3. The van der Waals surface area contributed by atoms with Crippen molar-refractivity contribution in [1.82, 2.24) is 16.0 Å². The Labute approximate surface area is 231 Å². The Balaban J connectivity index is 2.91. The molecule has 4 atom stereocenters. The Morgan fingerprint density at radius 1 is 0.757 bits per heavy atom. The summed E-state index contributed by atoms with van der Waals surface area (Å²) in [7, 11) is 0. The molecule has 0 aromatic heterocycles. The van der Waals surface area contributed by atoms with E-state index in [1.165, 1.54) is 47.4 Å². The number of aliphatic carboxylic acids is 1. The lowest BCUT2D eigenvalue weighted by molar-refractivity contribution is -0.142. The molecule has 0 radical (unpaired) electrons. The summed E-state index contributed by atoms with van der Waals surface area (Å²) in [5, 5.41) is 26.8. The minimum atomic E-state index is -1.13. The predicted octanol–water partition coefficient (Wildman–Crippen LogP) is 1.06. The zero-order valence-electron chi connectivity index (χ0n) is 21.4. The van der Waals surface area contributed by atoms with Crippen molar-refractivity contribution in [2.24, 2.45) is 5.73 Å². The average Bonchev–Trinajstić information content (AvgIpc) is 2.87. The number of benzene rings is 1. The molecular formula is C24H38N4O6S3. The van der Waals surface area contributed by atoms with Crippen LogP contribution in [-0.4, -0.2) is 94.1 Å². The number of nitrogens with one attached hydrogen (secondary N) is 3. The smallest absolute Gasteiger partial charge is 0.326 e. The van der Waals surface area contributed by atoms with Crippen molar-refractivity contribution < 1.29 is 29.4 Å². The lowest BCUT2D eigenvalue weighted by atomic mass is 10.0. The van der Waals surface area contributed by atoms with Crippen molar-refractivity contribution in [2.45, 2.75) is 49.9 Å². The summed E-state index contributed by atoms with van der Waals surface area (Å²) < 4.78 is 0. The van der Waals surface area contributed by atoms with Crippen LogP contribution in [0.15, 0.2) is 24.3 Å². The molecule has 1 aromatic carbocycles. The van der Waals surface area contributed by atoms with Gasteiger partial charge in [0.1, 0.15) is 23.9 Å². The zero-order valence-corrected chi connectivity index (χ0v) is 23.8. The SMILES string of the molecule is CSCCC(NC(=O)C(CCSC)NC(=O)C(CCSC)NC(=O)C(N)Cc1ccc(O)cc1)C(=O)O. The summed E-state index contributed by atoms with van der Waals surface area (Å²) in [6, 6.07) is 2.50. The topological polar surface area (TPSA) is 171 Å². The van der Waals surface area contributed by atoms with Gasteiger partial charge in [0, 0.05) is 0 Å². The molecule has 0 bridgehead atoms. The molecule has 0 saturated carbocycles. The molecule has 4 unspecified atom stereocenters. The number of carbonyl (C=O) groups is 4. The first kappa shape index (κ1) is 32.9. The van der Waals surface area contributed by atoms with E-state index >= 15 is 0 Å². The van der Waals surface area contributed by atoms with Gasteiger partial charge in [-0.15, -0.1) is 0 Å². The molecule has 13 heteroatoms. The average molecular weight is 575 g/mol. The molecule has 7 N–H and O–H groups in total. The number of hydrogen-bond donors (Lipinski definition) is 6. The zero-order chi connectivity index (χ0) is 27.8. The van der Waals surface area contributed by atoms with Crippen LogP contribution in [0.25, 0.3) is 0 Å². The van der Waals surface area contributed by atoms with Crippen LogP contribution in [0.4, 0.5) is 0 Å². The Morgan fingerprint density at radius 2 is 1.16 bits per heavy atom. The number of carboxylic acids is 1. The van der Waals surface area contributed by atoms with E-state index in [4.69, 9.17) is 5.73 Å². The molecule has 0 fully saturated rings. The van der Waals surface area contributed by atoms with Crippen molar-refractivity contribution in [3.05, 3.63) is 29.8 Å². The molecule has 0 spiro atoms. The molecule has 0 aliphatic heterocycles. The molecular weight excluding hydrogens is 536 g/mol. The largest absolute Gasteiger partial charge is 0.508 e. The van der Waals surface area contributed by atoms with Gasteiger partial charge >= 0.3 is 5.97 Å². The standard InChI is InChI=1S/C24H38N4O6S3/c1-35-11-8-18(26-21(30)17(25)14-15-4-6-16(29)7-5-15)22(31)27-19(9-12-36-2)23(32)28-20(24(33)34)10-13-37-3/h4-7,17-20,29H,8-14,25H2,1-3H3,(H,26,30)(H,27,31)(H,28,32)(H,33,34). The van der Waals surface area contributed by atoms with E-state index in [-0.39, 0.29) is 18.6 Å². The van der Waals surface area contributed by atoms with Gasteiger partial charge in [-0.2, -0.15) is 35.3 Å². The number of nitrogens with two attached hydrogens (primary N) is 1. The fourth-order valence-corrected chi connectivity index (χ4v) is 4.72. The van der Waals surface area contributed by atoms with E-state index < -0.39 is 47.9 Å².